The molecular weight excluding hydrogens is 219 g/mol. The predicted octanol–water partition coefficient (Wildman–Crippen LogP) is 2.02. The molecule has 3 nitrogen and oxygen atoms in total. The normalized spacial score (nSPS) is 30.7. The largest absolute Gasteiger partial charge is 0.378 e. The van der Waals surface area contributed by atoms with E-state index < -0.39 is 11.7 Å². The number of halogens is 1. The van der Waals surface area contributed by atoms with Crippen molar-refractivity contribution in [3.8, 4) is 6.07 Å². The van der Waals surface area contributed by atoms with Gasteiger partial charge < -0.3 is 10.1 Å². The van der Waals surface area contributed by atoms with Gasteiger partial charge in [-0.25, -0.2) is 4.39 Å². The predicted molar refractivity (Wildman–Crippen MR) is 61.5 cm³/mol. The van der Waals surface area contributed by atoms with Crippen molar-refractivity contribution in [3.05, 3.63) is 29.3 Å². The fourth-order valence-electron chi connectivity index (χ4n) is 2.67. The Bertz CT molecular complexity index is 497. The van der Waals surface area contributed by atoms with Crippen molar-refractivity contribution in [3.63, 3.8) is 0 Å². The number of alkyl halides is 1. The van der Waals surface area contributed by atoms with Crippen LogP contribution < -0.4 is 5.32 Å². The summed E-state index contributed by atoms with van der Waals surface area (Å²) in [6.45, 7) is 0.749. The van der Waals surface area contributed by atoms with Crippen molar-refractivity contribution >= 4 is 5.69 Å². The Balaban J connectivity index is 1.94. The topological polar surface area (TPSA) is 45.0 Å². The van der Waals surface area contributed by atoms with Crippen LogP contribution in [0.4, 0.5) is 10.1 Å². The number of anilines is 1. The zero-order chi connectivity index (χ0) is 11.9. The molecule has 4 heteroatoms. The average Bonchev–Trinajstić information content (AvgIpc) is 2.71. The Morgan fingerprint density at radius 1 is 1.53 bits per heavy atom. The first-order chi connectivity index (χ1) is 8.23. The van der Waals surface area contributed by atoms with Crippen LogP contribution in [0.1, 0.15) is 17.5 Å². The average molecular weight is 232 g/mol. The third kappa shape index (κ3) is 1.58. The van der Waals surface area contributed by atoms with Crippen molar-refractivity contribution in [1.29, 1.82) is 5.26 Å². The van der Waals surface area contributed by atoms with Crippen LogP contribution in [0.25, 0.3) is 0 Å². The van der Waals surface area contributed by atoms with Gasteiger partial charge >= 0.3 is 0 Å². The molecule has 17 heavy (non-hydrogen) atoms. The molecule has 1 aromatic carbocycles. The summed E-state index contributed by atoms with van der Waals surface area (Å²) in [5, 5.41) is 12.1. The number of fused-ring (bicyclic) bond motifs is 1. The van der Waals surface area contributed by atoms with Gasteiger partial charge in [0.25, 0.3) is 0 Å². The third-order valence-corrected chi connectivity index (χ3v) is 3.68. The van der Waals surface area contributed by atoms with Crippen molar-refractivity contribution < 1.29 is 9.13 Å². The first-order valence-electron chi connectivity index (χ1n) is 5.76. The maximum Gasteiger partial charge on any atom is 0.147 e. The number of nitriles is 1. The van der Waals surface area contributed by atoms with Gasteiger partial charge in [-0.1, -0.05) is 6.07 Å². The monoisotopic (exact) mass is 232 g/mol. The smallest absolute Gasteiger partial charge is 0.147 e. The molecule has 2 unspecified atom stereocenters. The Hall–Kier alpha value is -1.60. The van der Waals surface area contributed by atoms with E-state index in [4.69, 9.17) is 10.00 Å². The number of rotatable bonds is 0. The Morgan fingerprint density at radius 3 is 3.18 bits per heavy atom. The van der Waals surface area contributed by atoms with Crippen molar-refractivity contribution in [2.75, 3.05) is 18.5 Å². The highest BCUT2D eigenvalue weighted by Gasteiger charge is 2.46. The molecule has 1 N–H and O–H groups in total. The van der Waals surface area contributed by atoms with Crippen molar-refractivity contribution in [2.45, 2.75) is 24.6 Å². The second-order valence-electron chi connectivity index (χ2n) is 4.73. The zero-order valence-corrected chi connectivity index (χ0v) is 9.37. The van der Waals surface area contributed by atoms with Gasteiger partial charge in [0.1, 0.15) is 6.17 Å². The van der Waals surface area contributed by atoms with Gasteiger partial charge in [-0.05, 0) is 24.1 Å². The van der Waals surface area contributed by atoms with E-state index in [9.17, 15) is 4.39 Å². The molecule has 2 aliphatic rings. The fourth-order valence-corrected chi connectivity index (χ4v) is 2.67. The van der Waals surface area contributed by atoms with Gasteiger partial charge in [0, 0.05) is 18.7 Å². The van der Waals surface area contributed by atoms with E-state index in [0.29, 0.717) is 25.0 Å². The van der Waals surface area contributed by atoms with E-state index in [0.717, 1.165) is 11.3 Å². The van der Waals surface area contributed by atoms with Crippen LogP contribution in [-0.4, -0.2) is 24.9 Å². The van der Waals surface area contributed by atoms with Gasteiger partial charge in [0.15, 0.2) is 0 Å². The number of hydrogen-bond acceptors (Lipinski definition) is 3. The Kier molecular flexibility index (Phi) is 2.30. The highest BCUT2D eigenvalue weighted by Crippen LogP contribution is 2.40. The van der Waals surface area contributed by atoms with E-state index in [1.807, 2.05) is 6.07 Å². The summed E-state index contributed by atoms with van der Waals surface area (Å²) < 4.78 is 19.2. The van der Waals surface area contributed by atoms with Gasteiger partial charge in [-0.2, -0.15) is 5.26 Å². The van der Waals surface area contributed by atoms with Crippen LogP contribution in [0.15, 0.2) is 18.2 Å². The Morgan fingerprint density at radius 2 is 2.41 bits per heavy atom. The highest BCUT2D eigenvalue weighted by molar-refractivity contribution is 5.62. The zero-order valence-electron chi connectivity index (χ0n) is 9.37. The minimum Gasteiger partial charge on any atom is -0.378 e. The quantitative estimate of drug-likeness (QED) is 0.744. The molecule has 2 heterocycles. The molecule has 0 aromatic heterocycles. The maximum atomic E-state index is 14.0. The van der Waals surface area contributed by atoms with Crippen LogP contribution in [0.3, 0.4) is 0 Å². The lowest BCUT2D eigenvalue weighted by Crippen LogP contribution is -2.52. The van der Waals surface area contributed by atoms with Gasteiger partial charge in [-0.15, -0.1) is 0 Å². The van der Waals surface area contributed by atoms with Gasteiger partial charge in [-0.3, -0.25) is 0 Å². The molecular formula is C13H13FN2O. The van der Waals surface area contributed by atoms with Crippen molar-refractivity contribution in [2.24, 2.45) is 0 Å². The molecule has 3 rings (SSSR count). The van der Waals surface area contributed by atoms with Crippen LogP contribution in [-0.2, 0) is 11.2 Å². The van der Waals surface area contributed by atoms with Crippen LogP contribution in [0.5, 0.6) is 0 Å². The number of hydrogen-bond donors (Lipinski definition) is 1. The molecule has 1 spiro atoms. The van der Waals surface area contributed by atoms with E-state index in [2.05, 4.69) is 11.4 Å². The molecule has 0 radical (unpaired) electrons. The van der Waals surface area contributed by atoms with Crippen LogP contribution in [0, 0.1) is 11.3 Å². The van der Waals surface area contributed by atoms with E-state index in [1.165, 1.54) is 0 Å². The lowest BCUT2D eigenvalue weighted by atomic mass is 9.85. The molecule has 2 aliphatic heterocycles. The maximum absolute atomic E-state index is 14.0. The number of nitrogens with one attached hydrogen (secondary N) is 1. The molecule has 0 aliphatic carbocycles. The van der Waals surface area contributed by atoms with Crippen molar-refractivity contribution in [1.82, 2.24) is 0 Å². The molecule has 0 bridgehead atoms. The summed E-state index contributed by atoms with van der Waals surface area (Å²) in [5.41, 5.74) is 2.08. The van der Waals surface area contributed by atoms with E-state index in [1.54, 1.807) is 12.1 Å². The van der Waals surface area contributed by atoms with Gasteiger partial charge in [0.2, 0.25) is 0 Å². The lowest BCUT2D eigenvalue weighted by Gasteiger charge is -2.37. The third-order valence-electron chi connectivity index (χ3n) is 3.68. The second-order valence-corrected chi connectivity index (χ2v) is 4.73. The molecule has 1 aromatic rings. The van der Waals surface area contributed by atoms with E-state index in [-0.39, 0.29) is 6.61 Å². The first kappa shape index (κ1) is 10.5. The SMILES string of the molecule is N#Cc1ccc2c(c1)NC1(CCOCC1F)C2. The summed E-state index contributed by atoms with van der Waals surface area (Å²) in [6.07, 6.45) is 0.359. The lowest BCUT2D eigenvalue weighted by molar-refractivity contribution is -0.00544. The molecule has 1 saturated heterocycles. The Labute approximate surface area is 99.2 Å². The summed E-state index contributed by atoms with van der Waals surface area (Å²) in [7, 11) is 0. The minimum absolute atomic E-state index is 0.159. The second kappa shape index (κ2) is 3.71. The highest BCUT2D eigenvalue weighted by atomic mass is 19.1. The van der Waals surface area contributed by atoms with E-state index >= 15 is 0 Å². The standard InChI is InChI=1S/C13H13FN2O/c14-12-8-17-4-3-13(12)6-10-2-1-9(7-15)5-11(10)16-13/h1-2,5,12,16H,3-4,6,8H2. The first-order valence-corrected chi connectivity index (χ1v) is 5.76. The minimum atomic E-state index is -0.991. The van der Waals surface area contributed by atoms with Gasteiger partial charge in [0.05, 0.1) is 23.8 Å². The number of benzene rings is 1. The number of nitrogens with zero attached hydrogens (tertiary/aromatic N) is 1. The summed E-state index contributed by atoms with van der Waals surface area (Å²) >= 11 is 0. The summed E-state index contributed by atoms with van der Waals surface area (Å²) in [4.78, 5) is 0. The molecule has 88 valence electrons. The molecule has 2 atom stereocenters. The van der Waals surface area contributed by atoms with Crippen LogP contribution in [0.2, 0.25) is 0 Å². The summed E-state index contributed by atoms with van der Waals surface area (Å²) in [6, 6.07) is 7.60. The fraction of sp³-hybridized carbons (Fsp3) is 0.462. The summed E-state index contributed by atoms with van der Waals surface area (Å²) in [5.74, 6) is 0. The van der Waals surface area contributed by atoms with Crippen LogP contribution >= 0.6 is 0 Å². The molecule has 0 saturated carbocycles. The number of ether oxygens (including phenoxy) is 1. The molecule has 1 fully saturated rings. The molecule has 0 amide bonds.